The van der Waals surface area contributed by atoms with E-state index < -0.39 is 5.97 Å². The van der Waals surface area contributed by atoms with Crippen molar-refractivity contribution in [3.63, 3.8) is 0 Å². The summed E-state index contributed by atoms with van der Waals surface area (Å²) < 4.78 is 0. The molecule has 3 heteroatoms. The molecule has 11 heavy (non-hydrogen) atoms. The standard InChI is InChI=1S/C8H14O2Si/c1-6(8(9)10)5-11-7-3-2-4-7/h5,7H,2-4,11H2,1H3,(H,9,10). The number of hydrogen-bond donors (Lipinski definition) is 1. The summed E-state index contributed by atoms with van der Waals surface area (Å²) in [7, 11) is -0.211. The number of carbonyl (C=O) groups is 1. The Bertz CT molecular complexity index is 183. The van der Waals surface area contributed by atoms with Crippen molar-refractivity contribution in [1.82, 2.24) is 0 Å². The zero-order valence-electron chi connectivity index (χ0n) is 6.84. The molecule has 1 fully saturated rings. The largest absolute Gasteiger partial charge is 0.478 e. The van der Waals surface area contributed by atoms with E-state index in [1.807, 2.05) is 5.70 Å². The van der Waals surface area contributed by atoms with Crippen LogP contribution >= 0.6 is 0 Å². The Kier molecular flexibility index (Phi) is 2.88. The first-order valence-electron chi connectivity index (χ1n) is 4.10. The fourth-order valence-electron chi connectivity index (χ4n) is 1.16. The van der Waals surface area contributed by atoms with E-state index in [-0.39, 0.29) is 9.52 Å². The molecule has 0 aromatic heterocycles. The number of carboxylic acid groups (broad SMARTS) is 1. The first-order valence-corrected chi connectivity index (χ1v) is 5.73. The highest BCUT2D eigenvalue weighted by atomic mass is 28.2. The van der Waals surface area contributed by atoms with E-state index >= 15 is 0 Å². The van der Waals surface area contributed by atoms with E-state index in [0.29, 0.717) is 5.57 Å². The predicted octanol–water partition coefficient (Wildman–Crippen LogP) is 1.12. The first kappa shape index (κ1) is 8.52. The minimum Gasteiger partial charge on any atom is -0.478 e. The fraction of sp³-hybridized carbons (Fsp3) is 0.625. The van der Waals surface area contributed by atoms with E-state index in [0.717, 1.165) is 5.54 Å². The molecule has 1 rings (SSSR count). The summed E-state index contributed by atoms with van der Waals surface area (Å²) in [5.41, 5.74) is 3.43. The van der Waals surface area contributed by atoms with Crippen LogP contribution in [0.15, 0.2) is 11.3 Å². The summed E-state index contributed by atoms with van der Waals surface area (Å²) in [6.45, 7) is 1.69. The van der Waals surface area contributed by atoms with Crippen LogP contribution in [0.1, 0.15) is 26.2 Å². The van der Waals surface area contributed by atoms with E-state index in [9.17, 15) is 4.79 Å². The molecular formula is C8H14O2Si. The monoisotopic (exact) mass is 170 g/mol. The first-order chi connectivity index (χ1) is 5.20. The zero-order valence-corrected chi connectivity index (χ0v) is 8.25. The maximum absolute atomic E-state index is 10.4. The van der Waals surface area contributed by atoms with Gasteiger partial charge in [0.05, 0.1) is 0 Å². The van der Waals surface area contributed by atoms with Crippen LogP contribution in [0.4, 0.5) is 0 Å². The van der Waals surface area contributed by atoms with Gasteiger partial charge in [-0.3, -0.25) is 0 Å². The molecule has 0 atom stereocenters. The number of carboxylic acids is 1. The van der Waals surface area contributed by atoms with Crippen molar-refractivity contribution in [2.24, 2.45) is 0 Å². The SMILES string of the molecule is CC(=C[SiH2]C1CCC1)C(=O)O. The summed E-state index contributed by atoms with van der Waals surface area (Å²) >= 11 is 0. The Labute approximate surface area is 69.1 Å². The van der Waals surface area contributed by atoms with Crippen LogP contribution in [0, 0.1) is 0 Å². The molecule has 0 aliphatic heterocycles. The molecule has 0 radical (unpaired) electrons. The van der Waals surface area contributed by atoms with Gasteiger partial charge in [0, 0.05) is 15.1 Å². The maximum atomic E-state index is 10.4. The lowest BCUT2D eigenvalue weighted by molar-refractivity contribution is -0.132. The topological polar surface area (TPSA) is 37.3 Å². The summed E-state index contributed by atoms with van der Waals surface area (Å²) in [6, 6.07) is 0. The molecule has 1 aliphatic rings. The number of hydrogen-bond acceptors (Lipinski definition) is 1. The van der Waals surface area contributed by atoms with E-state index in [1.165, 1.54) is 19.3 Å². The van der Waals surface area contributed by atoms with Gasteiger partial charge in [-0.15, -0.1) is 0 Å². The molecule has 1 aliphatic carbocycles. The molecule has 0 amide bonds. The average molecular weight is 170 g/mol. The van der Waals surface area contributed by atoms with Crippen molar-refractivity contribution in [3.8, 4) is 0 Å². The molecule has 62 valence electrons. The van der Waals surface area contributed by atoms with Crippen LogP contribution in [0.5, 0.6) is 0 Å². The molecule has 1 N–H and O–H groups in total. The molecule has 0 unspecified atom stereocenters. The van der Waals surface area contributed by atoms with Gasteiger partial charge in [0.1, 0.15) is 0 Å². The second kappa shape index (κ2) is 3.71. The fourth-order valence-corrected chi connectivity index (χ4v) is 3.07. The molecule has 0 bridgehead atoms. The molecule has 0 aromatic rings. The van der Waals surface area contributed by atoms with E-state index in [4.69, 9.17) is 5.11 Å². The quantitative estimate of drug-likeness (QED) is 0.509. The van der Waals surface area contributed by atoms with Gasteiger partial charge >= 0.3 is 5.97 Å². The third-order valence-electron chi connectivity index (χ3n) is 2.32. The molecular weight excluding hydrogens is 156 g/mol. The van der Waals surface area contributed by atoms with Gasteiger partial charge in [0.15, 0.2) is 0 Å². The summed E-state index contributed by atoms with van der Waals surface area (Å²) in [5.74, 6) is -0.753. The lowest BCUT2D eigenvalue weighted by Gasteiger charge is -2.23. The van der Waals surface area contributed by atoms with Crippen LogP contribution in [-0.2, 0) is 4.79 Å². The number of aliphatic carboxylic acids is 1. The Morgan fingerprint density at radius 2 is 2.27 bits per heavy atom. The highest BCUT2D eigenvalue weighted by Gasteiger charge is 2.16. The van der Waals surface area contributed by atoms with Crippen LogP contribution in [0.2, 0.25) is 5.54 Å². The van der Waals surface area contributed by atoms with E-state index in [2.05, 4.69) is 0 Å². The Morgan fingerprint density at radius 3 is 2.64 bits per heavy atom. The Hall–Kier alpha value is -0.573. The highest BCUT2D eigenvalue weighted by Crippen LogP contribution is 2.31. The third kappa shape index (κ3) is 2.50. The van der Waals surface area contributed by atoms with Crippen molar-refractivity contribution >= 4 is 15.5 Å². The second-order valence-electron chi connectivity index (χ2n) is 3.22. The Morgan fingerprint density at radius 1 is 1.64 bits per heavy atom. The van der Waals surface area contributed by atoms with Gasteiger partial charge in [-0.05, 0) is 12.5 Å². The van der Waals surface area contributed by atoms with E-state index in [1.54, 1.807) is 6.92 Å². The third-order valence-corrected chi connectivity index (χ3v) is 4.65. The smallest absolute Gasteiger partial charge is 0.330 e. The van der Waals surface area contributed by atoms with Crippen molar-refractivity contribution in [3.05, 3.63) is 11.3 Å². The molecule has 0 heterocycles. The maximum Gasteiger partial charge on any atom is 0.330 e. The van der Waals surface area contributed by atoms with Crippen molar-refractivity contribution in [2.45, 2.75) is 31.7 Å². The Balaban J connectivity index is 2.27. The molecule has 0 spiro atoms. The van der Waals surface area contributed by atoms with Gasteiger partial charge < -0.3 is 5.11 Å². The van der Waals surface area contributed by atoms with Crippen molar-refractivity contribution in [2.75, 3.05) is 0 Å². The van der Waals surface area contributed by atoms with Crippen LogP contribution in [-0.4, -0.2) is 20.6 Å². The second-order valence-corrected chi connectivity index (χ2v) is 5.26. The van der Waals surface area contributed by atoms with Gasteiger partial charge in [-0.1, -0.05) is 25.0 Å². The van der Waals surface area contributed by atoms with Crippen LogP contribution in [0.25, 0.3) is 0 Å². The van der Waals surface area contributed by atoms with Gasteiger partial charge in [0.25, 0.3) is 0 Å². The normalized spacial score (nSPS) is 20.6. The van der Waals surface area contributed by atoms with Crippen LogP contribution in [0.3, 0.4) is 0 Å². The number of rotatable bonds is 3. The minimum atomic E-state index is -0.753. The lowest BCUT2D eigenvalue weighted by Crippen LogP contribution is -2.11. The zero-order chi connectivity index (χ0) is 8.27. The summed E-state index contributed by atoms with van der Waals surface area (Å²) in [5, 5.41) is 8.54. The van der Waals surface area contributed by atoms with Gasteiger partial charge in [-0.2, -0.15) is 0 Å². The highest BCUT2D eigenvalue weighted by molar-refractivity contribution is 6.45. The van der Waals surface area contributed by atoms with Gasteiger partial charge in [-0.25, -0.2) is 4.79 Å². The summed E-state index contributed by atoms with van der Waals surface area (Å²) in [4.78, 5) is 10.4. The summed E-state index contributed by atoms with van der Waals surface area (Å²) in [6.07, 6.45) is 4.04. The minimum absolute atomic E-state index is 0.211. The van der Waals surface area contributed by atoms with Crippen molar-refractivity contribution < 1.29 is 9.90 Å². The molecule has 0 aromatic carbocycles. The molecule has 0 saturated heterocycles. The molecule has 2 nitrogen and oxygen atoms in total. The van der Waals surface area contributed by atoms with Crippen LogP contribution < -0.4 is 0 Å². The molecule has 1 saturated carbocycles. The lowest BCUT2D eigenvalue weighted by atomic mass is 10.00. The predicted molar refractivity (Wildman–Crippen MR) is 47.5 cm³/mol. The van der Waals surface area contributed by atoms with Gasteiger partial charge in [0.2, 0.25) is 0 Å². The van der Waals surface area contributed by atoms with Crippen molar-refractivity contribution in [1.29, 1.82) is 0 Å². The average Bonchev–Trinajstić information content (AvgIpc) is 1.83.